The average Bonchev–Trinajstić information content (AvgIpc) is 2.53. The standard InChI is InChI=1S/C17H17FN2O4/c1-11-9-15(7-8-16(11)20(22)23)24-10-17(21)19-12(2)13-3-5-14(18)6-4-13/h3-9,12H,10H2,1-2H3,(H,19,21). The van der Waals surface area contributed by atoms with Crippen LogP contribution in [-0.4, -0.2) is 17.4 Å². The summed E-state index contributed by atoms with van der Waals surface area (Å²) in [5, 5.41) is 13.5. The Morgan fingerprint density at radius 3 is 2.54 bits per heavy atom. The Morgan fingerprint density at radius 2 is 1.96 bits per heavy atom. The molecule has 0 fully saturated rings. The van der Waals surface area contributed by atoms with Gasteiger partial charge < -0.3 is 10.1 Å². The molecule has 0 aliphatic rings. The van der Waals surface area contributed by atoms with E-state index in [-0.39, 0.29) is 30.1 Å². The number of benzene rings is 2. The van der Waals surface area contributed by atoms with Crippen LogP contribution >= 0.6 is 0 Å². The van der Waals surface area contributed by atoms with Gasteiger partial charge in [-0.1, -0.05) is 12.1 Å². The topological polar surface area (TPSA) is 81.5 Å². The molecule has 2 rings (SSSR count). The van der Waals surface area contributed by atoms with E-state index in [9.17, 15) is 19.3 Å². The molecule has 0 saturated carbocycles. The number of nitro benzene ring substituents is 1. The SMILES string of the molecule is Cc1cc(OCC(=O)NC(C)c2ccc(F)cc2)ccc1[N+](=O)[O-]. The Morgan fingerprint density at radius 1 is 1.29 bits per heavy atom. The largest absolute Gasteiger partial charge is 0.484 e. The number of carbonyl (C=O) groups excluding carboxylic acids is 1. The van der Waals surface area contributed by atoms with Crippen LogP contribution in [0.2, 0.25) is 0 Å². The number of nitrogens with one attached hydrogen (secondary N) is 1. The van der Waals surface area contributed by atoms with Gasteiger partial charge in [0, 0.05) is 11.6 Å². The van der Waals surface area contributed by atoms with Crippen LogP contribution < -0.4 is 10.1 Å². The van der Waals surface area contributed by atoms with E-state index in [0.717, 1.165) is 5.56 Å². The highest BCUT2D eigenvalue weighted by atomic mass is 19.1. The molecular weight excluding hydrogens is 315 g/mol. The summed E-state index contributed by atoms with van der Waals surface area (Å²) >= 11 is 0. The maximum Gasteiger partial charge on any atom is 0.272 e. The fourth-order valence-electron chi connectivity index (χ4n) is 2.19. The van der Waals surface area contributed by atoms with Gasteiger partial charge >= 0.3 is 0 Å². The lowest BCUT2D eigenvalue weighted by Gasteiger charge is -2.15. The summed E-state index contributed by atoms with van der Waals surface area (Å²) in [7, 11) is 0. The highest BCUT2D eigenvalue weighted by Gasteiger charge is 2.13. The molecule has 6 nitrogen and oxygen atoms in total. The second-order valence-electron chi connectivity index (χ2n) is 5.33. The van der Waals surface area contributed by atoms with Crippen molar-refractivity contribution >= 4 is 11.6 Å². The van der Waals surface area contributed by atoms with Gasteiger partial charge in [0.2, 0.25) is 0 Å². The molecule has 0 aromatic heterocycles. The van der Waals surface area contributed by atoms with Crippen LogP contribution in [0.15, 0.2) is 42.5 Å². The first kappa shape index (κ1) is 17.4. The smallest absolute Gasteiger partial charge is 0.272 e. The van der Waals surface area contributed by atoms with Crippen molar-refractivity contribution in [3.05, 3.63) is 69.5 Å². The first-order chi connectivity index (χ1) is 11.4. The molecule has 7 heteroatoms. The minimum Gasteiger partial charge on any atom is -0.484 e. The van der Waals surface area contributed by atoms with E-state index in [1.54, 1.807) is 26.0 Å². The van der Waals surface area contributed by atoms with Gasteiger partial charge in [-0.3, -0.25) is 14.9 Å². The van der Waals surface area contributed by atoms with E-state index in [4.69, 9.17) is 4.74 Å². The Labute approximate surface area is 138 Å². The van der Waals surface area contributed by atoms with E-state index < -0.39 is 4.92 Å². The van der Waals surface area contributed by atoms with Gasteiger partial charge in [-0.05, 0) is 43.7 Å². The first-order valence-electron chi connectivity index (χ1n) is 7.29. The van der Waals surface area contributed by atoms with Crippen molar-refractivity contribution in [2.24, 2.45) is 0 Å². The lowest BCUT2D eigenvalue weighted by molar-refractivity contribution is -0.385. The van der Waals surface area contributed by atoms with Crippen LogP contribution in [0.25, 0.3) is 0 Å². The maximum absolute atomic E-state index is 12.9. The summed E-state index contributed by atoms with van der Waals surface area (Å²) in [6, 6.07) is 9.85. The summed E-state index contributed by atoms with van der Waals surface area (Å²) in [6.45, 7) is 3.16. The fraction of sp³-hybridized carbons (Fsp3) is 0.235. The molecular formula is C17H17FN2O4. The molecule has 24 heavy (non-hydrogen) atoms. The molecule has 0 aliphatic carbocycles. The van der Waals surface area contributed by atoms with Crippen molar-refractivity contribution in [2.45, 2.75) is 19.9 Å². The molecule has 1 amide bonds. The van der Waals surface area contributed by atoms with Crippen LogP contribution in [0.4, 0.5) is 10.1 Å². The number of rotatable bonds is 6. The maximum atomic E-state index is 12.9. The minimum atomic E-state index is -0.476. The van der Waals surface area contributed by atoms with Crippen molar-refractivity contribution in [3.63, 3.8) is 0 Å². The van der Waals surface area contributed by atoms with Crippen molar-refractivity contribution in [2.75, 3.05) is 6.61 Å². The van der Waals surface area contributed by atoms with Gasteiger partial charge in [-0.25, -0.2) is 4.39 Å². The van der Waals surface area contributed by atoms with E-state index in [2.05, 4.69) is 5.32 Å². The van der Waals surface area contributed by atoms with Gasteiger partial charge in [0.25, 0.3) is 11.6 Å². The number of amides is 1. The Balaban J connectivity index is 1.90. The molecule has 0 spiro atoms. The zero-order valence-corrected chi connectivity index (χ0v) is 13.3. The summed E-state index contributed by atoms with van der Waals surface area (Å²) in [5.74, 6) is -0.306. The quantitative estimate of drug-likeness (QED) is 0.650. The monoisotopic (exact) mass is 332 g/mol. The molecule has 0 aliphatic heterocycles. The lowest BCUT2D eigenvalue weighted by atomic mass is 10.1. The Bertz CT molecular complexity index is 747. The number of hydrogen-bond acceptors (Lipinski definition) is 4. The van der Waals surface area contributed by atoms with E-state index in [1.165, 1.54) is 30.3 Å². The number of halogens is 1. The van der Waals surface area contributed by atoms with Crippen LogP contribution in [0.5, 0.6) is 5.75 Å². The highest BCUT2D eigenvalue weighted by molar-refractivity contribution is 5.78. The molecule has 0 bridgehead atoms. The second kappa shape index (κ2) is 7.54. The van der Waals surface area contributed by atoms with Gasteiger partial charge in [-0.15, -0.1) is 0 Å². The normalized spacial score (nSPS) is 11.6. The van der Waals surface area contributed by atoms with Crippen LogP contribution in [0.3, 0.4) is 0 Å². The molecule has 0 heterocycles. The third kappa shape index (κ3) is 4.52. The Kier molecular flexibility index (Phi) is 5.47. The molecule has 1 N–H and O–H groups in total. The molecule has 2 aromatic rings. The van der Waals surface area contributed by atoms with E-state index in [1.807, 2.05) is 0 Å². The van der Waals surface area contributed by atoms with Crippen molar-refractivity contribution in [1.82, 2.24) is 5.32 Å². The molecule has 126 valence electrons. The number of carbonyl (C=O) groups is 1. The van der Waals surface area contributed by atoms with Crippen molar-refractivity contribution < 1.29 is 18.8 Å². The Hall–Kier alpha value is -2.96. The lowest BCUT2D eigenvalue weighted by Crippen LogP contribution is -2.31. The molecule has 0 radical (unpaired) electrons. The summed E-state index contributed by atoms with van der Waals surface area (Å²) < 4.78 is 18.2. The number of hydrogen-bond donors (Lipinski definition) is 1. The summed E-state index contributed by atoms with van der Waals surface area (Å²) in [4.78, 5) is 22.2. The van der Waals surface area contributed by atoms with Crippen LogP contribution in [0.1, 0.15) is 24.1 Å². The second-order valence-corrected chi connectivity index (χ2v) is 5.33. The zero-order valence-electron chi connectivity index (χ0n) is 13.3. The summed E-state index contributed by atoms with van der Waals surface area (Å²) in [6.07, 6.45) is 0. The van der Waals surface area contributed by atoms with Crippen molar-refractivity contribution in [3.8, 4) is 5.75 Å². The molecule has 1 unspecified atom stereocenters. The predicted molar refractivity (Wildman–Crippen MR) is 86.3 cm³/mol. The number of aryl methyl sites for hydroxylation is 1. The summed E-state index contributed by atoms with van der Waals surface area (Å²) in [5.41, 5.74) is 1.23. The van der Waals surface area contributed by atoms with Crippen LogP contribution in [0, 0.1) is 22.9 Å². The molecule has 0 saturated heterocycles. The van der Waals surface area contributed by atoms with Crippen molar-refractivity contribution in [1.29, 1.82) is 0 Å². The van der Waals surface area contributed by atoms with Gasteiger partial charge in [-0.2, -0.15) is 0 Å². The van der Waals surface area contributed by atoms with Crippen LogP contribution in [-0.2, 0) is 4.79 Å². The minimum absolute atomic E-state index is 0.00302. The number of ether oxygens (including phenoxy) is 1. The first-order valence-corrected chi connectivity index (χ1v) is 7.29. The molecule has 2 aromatic carbocycles. The fourth-order valence-corrected chi connectivity index (χ4v) is 2.19. The number of nitro groups is 1. The van der Waals surface area contributed by atoms with Gasteiger partial charge in [0.1, 0.15) is 11.6 Å². The number of nitrogens with zero attached hydrogens (tertiary/aromatic N) is 1. The predicted octanol–water partition coefficient (Wildman–Crippen LogP) is 3.30. The average molecular weight is 332 g/mol. The van der Waals surface area contributed by atoms with E-state index in [0.29, 0.717) is 11.3 Å². The van der Waals surface area contributed by atoms with E-state index >= 15 is 0 Å². The highest BCUT2D eigenvalue weighted by Crippen LogP contribution is 2.23. The van der Waals surface area contributed by atoms with Gasteiger partial charge in [0.15, 0.2) is 6.61 Å². The zero-order chi connectivity index (χ0) is 17.7. The molecule has 1 atom stereocenters. The third-order valence-corrected chi connectivity index (χ3v) is 3.48. The van der Waals surface area contributed by atoms with Gasteiger partial charge in [0.05, 0.1) is 11.0 Å². The third-order valence-electron chi connectivity index (χ3n) is 3.48.